The lowest BCUT2D eigenvalue weighted by Crippen LogP contribution is -2.41. The average Bonchev–Trinajstić information content (AvgIpc) is 3.01. The molecule has 1 atom stereocenters. The molecule has 3 rings (SSSR count). The standard InChI is InChI=1S/C18H25N5O/c1-22-14-17(12-20-22)21-18(24)19-9-11-23-10-5-8-16(13-23)15-6-3-2-4-7-15/h2-4,6-7,12,14,16H,5,8-11,13H2,1H3,(H2,19,21,24)/t16-/m0/s1. The fraction of sp³-hybridized carbons (Fsp3) is 0.444. The van der Waals surface area contributed by atoms with Crippen molar-refractivity contribution in [3.8, 4) is 0 Å². The van der Waals surface area contributed by atoms with Gasteiger partial charge < -0.3 is 15.5 Å². The van der Waals surface area contributed by atoms with Gasteiger partial charge in [0.15, 0.2) is 0 Å². The number of benzene rings is 1. The third kappa shape index (κ3) is 4.58. The molecule has 6 nitrogen and oxygen atoms in total. The van der Waals surface area contributed by atoms with Crippen LogP contribution in [-0.4, -0.2) is 46.9 Å². The van der Waals surface area contributed by atoms with E-state index in [4.69, 9.17) is 0 Å². The maximum absolute atomic E-state index is 11.9. The molecule has 0 unspecified atom stereocenters. The zero-order chi connectivity index (χ0) is 16.8. The van der Waals surface area contributed by atoms with Gasteiger partial charge in [0.1, 0.15) is 0 Å². The number of piperidine rings is 1. The predicted octanol–water partition coefficient (Wildman–Crippen LogP) is 2.42. The second-order valence-corrected chi connectivity index (χ2v) is 6.33. The van der Waals surface area contributed by atoms with Gasteiger partial charge in [-0.3, -0.25) is 4.68 Å². The molecule has 0 radical (unpaired) electrons. The Balaban J connectivity index is 1.40. The topological polar surface area (TPSA) is 62.2 Å². The number of aryl methyl sites for hydroxylation is 1. The maximum atomic E-state index is 11.9. The summed E-state index contributed by atoms with van der Waals surface area (Å²) in [4.78, 5) is 14.3. The van der Waals surface area contributed by atoms with E-state index in [0.717, 1.165) is 19.6 Å². The minimum absolute atomic E-state index is 0.181. The van der Waals surface area contributed by atoms with Crippen molar-refractivity contribution in [2.24, 2.45) is 7.05 Å². The highest BCUT2D eigenvalue weighted by molar-refractivity contribution is 5.88. The average molecular weight is 327 g/mol. The number of carbonyl (C=O) groups is 1. The molecule has 6 heteroatoms. The molecule has 1 aromatic heterocycles. The summed E-state index contributed by atoms with van der Waals surface area (Å²) in [5.41, 5.74) is 2.13. The molecular formula is C18H25N5O. The first-order valence-electron chi connectivity index (χ1n) is 8.51. The lowest BCUT2D eigenvalue weighted by Gasteiger charge is -2.33. The van der Waals surface area contributed by atoms with Gasteiger partial charge in [-0.1, -0.05) is 30.3 Å². The first-order valence-corrected chi connectivity index (χ1v) is 8.51. The fourth-order valence-electron chi connectivity index (χ4n) is 3.24. The number of urea groups is 1. The van der Waals surface area contributed by atoms with Crippen molar-refractivity contribution < 1.29 is 4.79 Å². The third-order valence-corrected chi connectivity index (χ3v) is 4.45. The fourth-order valence-corrected chi connectivity index (χ4v) is 3.24. The van der Waals surface area contributed by atoms with Crippen molar-refractivity contribution in [2.75, 3.05) is 31.5 Å². The summed E-state index contributed by atoms with van der Waals surface area (Å²) >= 11 is 0. The van der Waals surface area contributed by atoms with Gasteiger partial charge >= 0.3 is 6.03 Å². The number of aromatic nitrogens is 2. The van der Waals surface area contributed by atoms with Crippen LogP contribution in [0.25, 0.3) is 0 Å². The summed E-state index contributed by atoms with van der Waals surface area (Å²) in [6, 6.07) is 10.5. The summed E-state index contributed by atoms with van der Waals surface area (Å²) in [5.74, 6) is 0.601. The number of amides is 2. The highest BCUT2D eigenvalue weighted by Crippen LogP contribution is 2.26. The van der Waals surface area contributed by atoms with Gasteiger partial charge in [-0.2, -0.15) is 5.10 Å². The molecular weight excluding hydrogens is 302 g/mol. The van der Waals surface area contributed by atoms with Crippen molar-refractivity contribution in [3.63, 3.8) is 0 Å². The molecule has 2 amide bonds. The van der Waals surface area contributed by atoms with E-state index in [1.807, 2.05) is 7.05 Å². The van der Waals surface area contributed by atoms with Crippen molar-refractivity contribution in [2.45, 2.75) is 18.8 Å². The number of rotatable bonds is 5. The van der Waals surface area contributed by atoms with E-state index >= 15 is 0 Å². The van der Waals surface area contributed by atoms with E-state index in [0.29, 0.717) is 18.2 Å². The normalized spacial score (nSPS) is 18.3. The molecule has 24 heavy (non-hydrogen) atoms. The largest absolute Gasteiger partial charge is 0.337 e. The lowest BCUT2D eigenvalue weighted by atomic mass is 9.91. The summed E-state index contributed by atoms with van der Waals surface area (Å²) in [7, 11) is 1.82. The van der Waals surface area contributed by atoms with Gasteiger partial charge in [0.05, 0.1) is 11.9 Å². The van der Waals surface area contributed by atoms with E-state index in [-0.39, 0.29) is 6.03 Å². The predicted molar refractivity (Wildman–Crippen MR) is 95.1 cm³/mol. The third-order valence-electron chi connectivity index (χ3n) is 4.45. The monoisotopic (exact) mass is 327 g/mol. The molecule has 1 aromatic carbocycles. The molecule has 1 aliphatic heterocycles. The van der Waals surface area contributed by atoms with Crippen LogP contribution in [0.4, 0.5) is 10.5 Å². The van der Waals surface area contributed by atoms with E-state index in [1.54, 1.807) is 17.1 Å². The smallest absolute Gasteiger partial charge is 0.319 e. The number of anilines is 1. The molecule has 0 aliphatic carbocycles. The number of nitrogens with zero attached hydrogens (tertiary/aromatic N) is 3. The van der Waals surface area contributed by atoms with Gasteiger partial charge in [-0.25, -0.2) is 4.79 Å². The van der Waals surface area contributed by atoms with Crippen LogP contribution in [0.1, 0.15) is 24.3 Å². The van der Waals surface area contributed by atoms with E-state index in [1.165, 1.54) is 18.4 Å². The molecule has 1 aliphatic rings. The van der Waals surface area contributed by atoms with E-state index in [2.05, 4.69) is 51.0 Å². The number of hydrogen-bond acceptors (Lipinski definition) is 3. The molecule has 128 valence electrons. The van der Waals surface area contributed by atoms with Crippen molar-refractivity contribution in [3.05, 3.63) is 48.3 Å². The van der Waals surface area contributed by atoms with E-state index in [9.17, 15) is 4.79 Å². The number of nitrogens with one attached hydrogen (secondary N) is 2. The summed E-state index contributed by atoms with van der Waals surface area (Å²) in [6.07, 6.45) is 5.86. The van der Waals surface area contributed by atoms with E-state index < -0.39 is 0 Å². The van der Waals surface area contributed by atoms with Crippen LogP contribution in [-0.2, 0) is 7.05 Å². The zero-order valence-corrected chi connectivity index (χ0v) is 14.1. The van der Waals surface area contributed by atoms with Gasteiger partial charge in [-0.05, 0) is 30.9 Å². The SMILES string of the molecule is Cn1cc(NC(=O)NCCN2CCC[C@H](c3ccccc3)C2)cn1. The second-order valence-electron chi connectivity index (χ2n) is 6.33. The molecule has 2 N–H and O–H groups in total. The van der Waals surface area contributed by atoms with Crippen LogP contribution < -0.4 is 10.6 Å². The Kier molecular flexibility index (Phi) is 5.48. The van der Waals surface area contributed by atoms with Crippen LogP contribution in [0.2, 0.25) is 0 Å². The summed E-state index contributed by atoms with van der Waals surface area (Å²) in [5, 5.41) is 9.72. The maximum Gasteiger partial charge on any atom is 0.319 e. The Morgan fingerprint density at radius 1 is 1.33 bits per heavy atom. The van der Waals surface area contributed by atoms with Crippen LogP contribution >= 0.6 is 0 Å². The molecule has 0 bridgehead atoms. The molecule has 2 aromatic rings. The molecule has 1 fully saturated rings. The number of likely N-dealkylation sites (tertiary alicyclic amines) is 1. The Hall–Kier alpha value is -2.34. The van der Waals surface area contributed by atoms with Crippen molar-refractivity contribution in [1.82, 2.24) is 20.0 Å². The van der Waals surface area contributed by atoms with Crippen LogP contribution in [0.3, 0.4) is 0 Å². The molecule has 0 spiro atoms. The Morgan fingerprint density at radius 2 is 2.17 bits per heavy atom. The second kappa shape index (κ2) is 7.97. The quantitative estimate of drug-likeness (QED) is 0.886. The molecule has 2 heterocycles. The summed E-state index contributed by atoms with van der Waals surface area (Å²) < 4.78 is 1.66. The Bertz CT molecular complexity index is 654. The number of hydrogen-bond donors (Lipinski definition) is 2. The first kappa shape index (κ1) is 16.5. The summed E-state index contributed by atoms with van der Waals surface area (Å²) in [6.45, 7) is 3.70. The highest BCUT2D eigenvalue weighted by atomic mass is 16.2. The van der Waals surface area contributed by atoms with Crippen LogP contribution in [0, 0.1) is 0 Å². The first-order chi connectivity index (χ1) is 11.7. The zero-order valence-electron chi connectivity index (χ0n) is 14.1. The van der Waals surface area contributed by atoms with Crippen LogP contribution in [0.5, 0.6) is 0 Å². The number of carbonyl (C=O) groups excluding carboxylic acids is 1. The minimum atomic E-state index is -0.181. The van der Waals surface area contributed by atoms with Gasteiger partial charge in [0.2, 0.25) is 0 Å². The van der Waals surface area contributed by atoms with Gasteiger partial charge in [0.25, 0.3) is 0 Å². The molecule has 1 saturated heterocycles. The minimum Gasteiger partial charge on any atom is -0.337 e. The Morgan fingerprint density at radius 3 is 2.92 bits per heavy atom. The lowest BCUT2D eigenvalue weighted by molar-refractivity contribution is 0.207. The highest BCUT2D eigenvalue weighted by Gasteiger charge is 2.20. The van der Waals surface area contributed by atoms with Gasteiger partial charge in [0, 0.05) is 32.9 Å². The van der Waals surface area contributed by atoms with Crippen molar-refractivity contribution >= 4 is 11.7 Å². The van der Waals surface area contributed by atoms with Crippen molar-refractivity contribution in [1.29, 1.82) is 0 Å². The Labute approximate surface area is 142 Å². The molecule has 0 saturated carbocycles. The van der Waals surface area contributed by atoms with Crippen LogP contribution in [0.15, 0.2) is 42.7 Å². The van der Waals surface area contributed by atoms with Gasteiger partial charge in [-0.15, -0.1) is 0 Å².